The number of rotatable bonds is 4. The van der Waals surface area contributed by atoms with E-state index in [4.69, 9.17) is 9.47 Å². The third-order valence-electron chi connectivity index (χ3n) is 3.34. The van der Waals surface area contributed by atoms with Crippen molar-refractivity contribution < 1.29 is 23.8 Å². The normalized spacial score (nSPS) is 25.5. The number of methoxy groups -OCH3 is 1. The van der Waals surface area contributed by atoms with Gasteiger partial charge in [-0.05, 0) is 24.1 Å². The first-order chi connectivity index (χ1) is 9.51. The highest BCUT2D eigenvalue weighted by Crippen LogP contribution is 2.21. The molecule has 3 atom stereocenters. The average molecular weight is 283 g/mol. The molecule has 5 nitrogen and oxygen atoms in total. The average Bonchev–Trinajstić information content (AvgIpc) is 2.71. The van der Waals surface area contributed by atoms with Crippen LogP contribution in [0.1, 0.15) is 12.5 Å². The van der Waals surface area contributed by atoms with Gasteiger partial charge in [-0.2, -0.15) is 0 Å². The first-order valence-electron chi connectivity index (χ1n) is 6.42. The molecule has 1 aliphatic rings. The van der Waals surface area contributed by atoms with Crippen molar-refractivity contribution >= 4 is 5.97 Å². The lowest BCUT2D eigenvalue weighted by molar-refractivity contribution is -0.151. The molecule has 1 fully saturated rings. The van der Waals surface area contributed by atoms with E-state index in [1.807, 2.05) is 0 Å². The number of halogens is 1. The molecular formula is C14H18FNO4. The van der Waals surface area contributed by atoms with E-state index < -0.39 is 24.0 Å². The molecule has 1 aromatic rings. The molecule has 2 N–H and O–H groups in total. The highest BCUT2D eigenvalue weighted by Gasteiger charge is 2.37. The number of ether oxygens (including phenoxy) is 2. The third kappa shape index (κ3) is 3.26. The Balaban J connectivity index is 2.08. The molecular weight excluding hydrogens is 265 g/mol. The first kappa shape index (κ1) is 14.7. The van der Waals surface area contributed by atoms with E-state index in [9.17, 15) is 14.3 Å². The Hall–Kier alpha value is -1.66. The number of hydrogen-bond donors (Lipinski definition) is 2. The van der Waals surface area contributed by atoms with E-state index >= 15 is 0 Å². The van der Waals surface area contributed by atoms with Crippen LogP contribution in [0.2, 0.25) is 0 Å². The summed E-state index contributed by atoms with van der Waals surface area (Å²) in [5.74, 6) is -0.694. The van der Waals surface area contributed by atoms with Crippen molar-refractivity contribution in [2.24, 2.45) is 0 Å². The van der Waals surface area contributed by atoms with Crippen molar-refractivity contribution in [3.63, 3.8) is 0 Å². The number of β-amino-alcohol motifs (C(OH)–C–C–N with tert-alkyl or cyclic N) is 1. The van der Waals surface area contributed by atoms with Gasteiger partial charge >= 0.3 is 5.97 Å². The highest BCUT2D eigenvalue weighted by molar-refractivity contribution is 5.66. The van der Waals surface area contributed by atoms with E-state index in [1.165, 1.54) is 20.1 Å². The molecule has 20 heavy (non-hydrogen) atoms. The first-order valence-corrected chi connectivity index (χ1v) is 6.42. The molecule has 0 amide bonds. The third-order valence-corrected chi connectivity index (χ3v) is 3.34. The Bertz CT molecular complexity index is 494. The molecule has 0 aliphatic carbocycles. The fourth-order valence-electron chi connectivity index (χ4n) is 2.40. The fraction of sp³-hybridized carbons (Fsp3) is 0.500. The molecule has 6 heteroatoms. The maximum atomic E-state index is 13.6. The number of hydrogen-bond acceptors (Lipinski definition) is 5. The SMILES string of the molecule is COc1ccc(C[C@H]2NC[C@H](O)[C@H]2OC(C)=O)cc1F. The Morgan fingerprint density at radius 3 is 2.90 bits per heavy atom. The summed E-state index contributed by atoms with van der Waals surface area (Å²) in [6.07, 6.45) is -0.903. The van der Waals surface area contributed by atoms with Gasteiger partial charge in [0.15, 0.2) is 11.6 Å². The lowest BCUT2D eigenvalue weighted by Gasteiger charge is -2.21. The molecule has 1 aromatic carbocycles. The maximum absolute atomic E-state index is 13.6. The van der Waals surface area contributed by atoms with E-state index in [1.54, 1.807) is 12.1 Å². The van der Waals surface area contributed by atoms with Crippen molar-refractivity contribution in [1.82, 2.24) is 5.32 Å². The Morgan fingerprint density at radius 2 is 2.30 bits per heavy atom. The molecule has 1 saturated heterocycles. The second kappa shape index (κ2) is 6.19. The molecule has 0 bridgehead atoms. The van der Waals surface area contributed by atoms with Crippen LogP contribution < -0.4 is 10.1 Å². The van der Waals surface area contributed by atoms with Crippen LogP contribution in [0.15, 0.2) is 18.2 Å². The van der Waals surface area contributed by atoms with E-state index in [2.05, 4.69) is 5.32 Å². The second-order valence-electron chi connectivity index (χ2n) is 4.83. The zero-order valence-corrected chi connectivity index (χ0v) is 11.4. The minimum absolute atomic E-state index is 0.185. The highest BCUT2D eigenvalue weighted by atomic mass is 19.1. The number of aliphatic hydroxyl groups excluding tert-OH is 1. The summed E-state index contributed by atoms with van der Waals surface area (Å²) in [7, 11) is 1.41. The summed E-state index contributed by atoms with van der Waals surface area (Å²) in [4.78, 5) is 11.0. The maximum Gasteiger partial charge on any atom is 0.303 e. The van der Waals surface area contributed by atoms with Crippen molar-refractivity contribution in [3.8, 4) is 5.75 Å². The molecule has 0 unspecified atom stereocenters. The number of benzene rings is 1. The van der Waals surface area contributed by atoms with Crippen LogP contribution in [0.3, 0.4) is 0 Å². The summed E-state index contributed by atoms with van der Waals surface area (Å²) in [6, 6.07) is 4.45. The monoisotopic (exact) mass is 283 g/mol. The van der Waals surface area contributed by atoms with Crippen LogP contribution in [0.4, 0.5) is 4.39 Å². The van der Waals surface area contributed by atoms with Gasteiger partial charge in [-0.25, -0.2) is 4.39 Å². The Kier molecular flexibility index (Phi) is 4.57. The molecule has 2 rings (SSSR count). The molecule has 0 spiro atoms. The smallest absolute Gasteiger partial charge is 0.303 e. The molecule has 1 heterocycles. The Morgan fingerprint density at radius 1 is 1.55 bits per heavy atom. The van der Waals surface area contributed by atoms with Crippen molar-refractivity contribution in [3.05, 3.63) is 29.6 Å². The lowest BCUT2D eigenvalue weighted by atomic mass is 10.0. The predicted molar refractivity (Wildman–Crippen MR) is 70.0 cm³/mol. The predicted octanol–water partition coefficient (Wildman–Crippen LogP) is 0.641. The molecule has 0 radical (unpaired) electrons. The van der Waals surface area contributed by atoms with Gasteiger partial charge in [0.1, 0.15) is 12.2 Å². The van der Waals surface area contributed by atoms with E-state index in [0.717, 1.165) is 5.56 Å². The summed E-state index contributed by atoms with van der Waals surface area (Å²) in [5.41, 5.74) is 0.743. The lowest BCUT2D eigenvalue weighted by Crippen LogP contribution is -2.38. The van der Waals surface area contributed by atoms with Crippen LogP contribution in [0.5, 0.6) is 5.75 Å². The fourth-order valence-corrected chi connectivity index (χ4v) is 2.40. The standard InChI is InChI=1S/C14H18FNO4/c1-8(17)20-14-11(16-7-12(14)18)6-9-3-4-13(19-2)10(15)5-9/h3-5,11-12,14,16,18H,6-7H2,1-2H3/t11-,12+,14+/m1/s1. The second-order valence-corrected chi connectivity index (χ2v) is 4.83. The number of nitrogens with one attached hydrogen (secondary N) is 1. The van der Waals surface area contributed by atoms with Gasteiger partial charge in [-0.1, -0.05) is 6.07 Å². The number of aliphatic hydroxyl groups is 1. The Labute approximate surface area is 116 Å². The van der Waals surface area contributed by atoms with E-state index in [-0.39, 0.29) is 11.8 Å². The van der Waals surface area contributed by atoms with Crippen LogP contribution in [0, 0.1) is 5.82 Å². The van der Waals surface area contributed by atoms with Gasteiger partial charge in [0, 0.05) is 13.5 Å². The molecule has 110 valence electrons. The van der Waals surface area contributed by atoms with Crippen molar-refractivity contribution in [2.45, 2.75) is 31.6 Å². The number of carbonyl (C=O) groups is 1. The van der Waals surface area contributed by atoms with Crippen molar-refractivity contribution in [2.75, 3.05) is 13.7 Å². The minimum atomic E-state index is -0.744. The summed E-state index contributed by atoms with van der Waals surface area (Å²) in [6.45, 7) is 1.65. The van der Waals surface area contributed by atoms with Gasteiger partial charge in [-0.15, -0.1) is 0 Å². The number of esters is 1. The van der Waals surface area contributed by atoms with Crippen molar-refractivity contribution in [1.29, 1.82) is 0 Å². The van der Waals surface area contributed by atoms with Gasteiger partial charge in [0.2, 0.25) is 0 Å². The van der Waals surface area contributed by atoms with Crippen LogP contribution in [-0.4, -0.2) is 43.0 Å². The topological polar surface area (TPSA) is 67.8 Å². The van der Waals surface area contributed by atoms with Crippen LogP contribution in [0.25, 0.3) is 0 Å². The van der Waals surface area contributed by atoms with Gasteiger partial charge < -0.3 is 19.9 Å². The summed E-state index contributed by atoms with van der Waals surface area (Å²) < 4.78 is 23.6. The quantitative estimate of drug-likeness (QED) is 0.794. The molecule has 1 aliphatic heterocycles. The van der Waals surface area contributed by atoms with Gasteiger partial charge in [0.05, 0.1) is 13.2 Å². The minimum Gasteiger partial charge on any atom is -0.494 e. The van der Waals surface area contributed by atoms with Crippen LogP contribution in [-0.2, 0) is 16.0 Å². The largest absolute Gasteiger partial charge is 0.494 e. The zero-order chi connectivity index (χ0) is 14.7. The summed E-state index contributed by atoms with van der Waals surface area (Å²) in [5, 5.41) is 12.9. The van der Waals surface area contributed by atoms with E-state index in [0.29, 0.717) is 13.0 Å². The van der Waals surface area contributed by atoms with Crippen LogP contribution >= 0.6 is 0 Å². The molecule has 0 saturated carbocycles. The zero-order valence-electron chi connectivity index (χ0n) is 11.4. The number of carbonyl (C=O) groups excluding carboxylic acids is 1. The molecule has 0 aromatic heterocycles. The van der Waals surface area contributed by atoms with Gasteiger partial charge in [-0.3, -0.25) is 4.79 Å². The summed E-state index contributed by atoms with van der Waals surface area (Å²) >= 11 is 0. The van der Waals surface area contributed by atoms with Gasteiger partial charge in [0.25, 0.3) is 0 Å².